The molecule has 0 saturated carbocycles. The molecule has 5 rings (SSSR count). The van der Waals surface area contributed by atoms with Crippen LogP contribution in [0, 0.1) is 10.1 Å². The van der Waals surface area contributed by atoms with Crippen molar-refractivity contribution in [3.63, 3.8) is 0 Å². The van der Waals surface area contributed by atoms with Gasteiger partial charge in [0.05, 0.1) is 23.1 Å². The molecular formula is C27H20N2O5. The SMILES string of the molecule is COc1c(-c2ccc([N+](=O)[O-])cc2)cc(C(=O)O)c2c3ccccc3n(Cc3ccccc3)c12. The van der Waals surface area contributed by atoms with Gasteiger partial charge in [-0.1, -0.05) is 48.5 Å². The minimum absolute atomic E-state index is 0.0413. The number of rotatable bonds is 6. The van der Waals surface area contributed by atoms with E-state index in [0.717, 1.165) is 16.5 Å². The molecule has 0 aliphatic carbocycles. The summed E-state index contributed by atoms with van der Waals surface area (Å²) in [7, 11) is 1.55. The summed E-state index contributed by atoms with van der Waals surface area (Å²) in [5.41, 5.74) is 3.91. The molecule has 7 heteroatoms. The highest BCUT2D eigenvalue weighted by molar-refractivity contribution is 6.20. The second-order valence-electron chi connectivity index (χ2n) is 7.93. The number of aromatic nitrogens is 1. The Morgan fingerprint density at radius 1 is 1.00 bits per heavy atom. The van der Waals surface area contributed by atoms with Gasteiger partial charge in [0.25, 0.3) is 5.69 Å². The molecule has 0 aliphatic heterocycles. The highest BCUT2D eigenvalue weighted by Gasteiger charge is 2.25. The van der Waals surface area contributed by atoms with Gasteiger partial charge in [-0.3, -0.25) is 10.1 Å². The summed E-state index contributed by atoms with van der Waals surface area (Å²) in [6.45, 7) is 0.518. The zero-order chi connectivity index (χ0) is 23.8. The molecule has 0 amide bonds. The molecule has 1 aromatic heterocycles. The van der Waals surface area contributed by atoms with Gasteiger partial charge < -0.3 is 14.4 Å². The van der Waals surface area contributed by atoms with Gasteiger partial charge in [-0.2, -0.15) is 0 Å². The molecule has 5 aromatic rings. The normalized spacial score (nSPS) is 11.1. The summed E-state index contributed by atoms with van der Waals surface area (Å²) in [5.74, 6) is -0.542. The van der Waals surface area contributed by atoms with E-state index >= 15 is 0 Å². The number of hydrogen-bond donors (Lipinski definition) is 1. The quantitative estimate of drug-likeness (QED) is 0.247. The molecule has 7 nitrogen and oxygen atoms in total. The fourth-order valence-corrected chi connectivity index (χ4v) is 4.50. The van der Waals surface area contributed by atoms with Crippen LogP contribution in [0.4, 0.5) is 5.69 Å². The Kier molecular flexibility index (Phi) is 5.22. The van der Waals surface area contributed by atoms with E-state index in [1.54, 1.807) is 25.3 Å². The minimum atomic E-state index is -1.06. The lowest BCUT2D eigenvalue weighted by molar-refractivity contribution is -0.384. The van der Waals surface area contributed by atoms with E-state index in [2.05, 4.69) is 4.57 Å². The summed E-state index contributed by atoms with van der Waals surface area (Å²) >= 11 is 0. The van der Waals surface area contributed by atoms with Crippen molar-refractivity contribution in [1.82, 2.24) is 4.57 Å². The number of carboxylic acids is 1. The Morgan fingerprint density at radius 3 is 2.32 bits per heavy atom. The fraction of sp³-hybridized carbons (Fsp3) is 0.0741. The summed E-state index contributed by atoms with van der Waals surface area (Å²) in [6.07, 6.45) is 0. The molecule has 0 unspecified atom stereocenters. The first-order chi connectivity index (χ1) is 16.5. The van der Waals surface area contributed by atoms with E-state index in [9.17, 15) is 20.0 Å². The van der Waals surface area contributed by atoms with E-state index in [4.69, 9.17) is 4.74 Å². The third-order valence-corrected chi connectivity index (χ3v) is 6.00. The Morgan fingerprint density at radius 2 is 1.68 bits per heavy atom. The molecule has 0 bridgehead atoms. The monoisotopic (exact) mass is 452 g/mol. The maximum atomic E-state index is 12.4. The second kappa shape index (κ2) is 8.37. The third kappa shape index (κ3) is 3.44. The van der Waals surface area contributed by atoms with Crippen molar-refractivity contribution in [3.05, 3.63) is 106 Å². The lowest BCUT2D eigenvalue weighted by Gasteiger charge is -2.16. The zero-order valence-corrected chi connectivity index (χ0v) is 18.3. The van der Waals surface area contributed by atoms with Crippen molar-refractivity contribution in [1.29, 1.82) is 0 Å². The number of non-ortho nitro benzene ring substituents is 1. The molecule has 0 atom stereocenters. The van der Waals surface area contributed by atoms with E-state index in [0.29, 0.717) is 34.3 Å². The van der Waals surface area contributed by atoms with Crippen LogP contribution in [0.2, 0.25) is 0 Å². The number of nitro benzene ring substituents is 1. The number of carboxylic acid groups (broad SMARTS) is 1. The maximum Gasteiger partial charge on any atom is 0.336 e. The van der Waals surface area contributed by atoms with Crippen molar-refractivity contribution in [2.45, 2.75) is 6.54 Å². The standard InChI is InChI=1S/C27H20N2O5/c1-34-26-21(18-11-13-19(14-12-18)29(32)33)15-22(27(30)31)24-20-9-5-6-10-23(20)28(25(24)26)16-17-7-3-2-4-8-17/h2-15H,16H2,1H3,(H,30,31). The van der Waals surface area contributed by atoms with Gasteiger partial charge in [0, 0.05) is 40.5 Å². The molecule has 34 heavy (non-hydrogen) atoms. The first-order valence-corrected chi connectivity index (χ1v) is 10.6. The van der Waals surface area contributed by atoms with E-state index in [1.807, 2.05) is 54.6 Å². The lowest BCUT2D eigenvalue weighted by atomic mass is 9.97. The molecule has 168 valence electrons. The van der Waals surface area contributed by atoms with Gasteiger partial charge in [-0.25, -0.2) is 4.79 Å². The highest BCUT2D eigenvalue weighted by atomic mass is 16.6. The average molecular weight is 452 g/mol. The summed E-state index contributed by atoms with van der Waals surface area (Å²) in [5, 5.41) is 22.7. The van der Waals surface area contributed by atoms with Crippen LogP contribution in [0.15, 0.2) is 84.9 Å². The number of carbonyl (C=O) groups is 1. The fourth-order valence-electron chi connectivity index (χ4n) is 4.50. The van der Waals surface area contributed by atoms with Crippen LogP contribution in [0.5, 0.6) is 5.75 Å². The Balaban J connectivity index is 1.88. The van der Waals surface area contributed by atoms with Crippen LogP contribution in [0.25, 0.3) is 32.9 Å². The molecule has 0 aliphatic rings. The van der Waals surface area contributed by atoms with E-state index in [1.165, 1.54) is 12.1 Å². The molecule has 0 spiro atoms. The summed E-state index contributed by atoms with van der Waals surface area (Å²) < 4.78 is 7.96. The van der Waals surface area contributed by atoms with E-state index in [-0.39, 0.29) is 11.3 Å². The molecule has 0 fully saturated rings. The van der Waals surface area contributed by atoms with Crippen molar-refractivity contribution >= 4 is 33.5 Å². The second-order valence-corrected chi connectivity index (χ2v) is 7.93. The van der Waals surface area contributed by atoms with Gasteiger partial charge >= 0.3 is 5.97 Å². The number of para-hydroxylation sites is 1. The van der Waals surface area contributed by atoms with Gasteiger partial charge in [-0.05, 0) is 35.4 Å². The number of aromatic carboxylic acids is 1. The Bertz CT molecular complexity index is 1550. The highest BCUT2D eigenvalue weighted by Crippen LogP contribution is 2.44. The minimum Gasteiger partial charge on any atom is -0.494 e. The molecule has 0 radical (unpaired) electrons. The van der Waals surface area contributed by atoms with Crippen LogP contribution < -0.4 is 4.74 Å². The first-order valence-electron chi connectivity index (χ1n) is 10.6. The predicted octanol–water partition coefficient (Wildman–Crippen LogP) is 6.12. The Hall–Kier alpha value is -4.65. The third-order valence-electron chi connectivity index (χ3n) is 6.00. The maximum absolute atomic E-state index is 12.4. The number of methoxy groups -OCH3 is 1. The van der Waals surface area contributed by atoms with Crippen molar-refractivity contribution in [2.24, 2.45) is 0 Å². The molecular weight excluding hydrogens is 432 g/mol. The van der Waals surface area contributed by atoms with Crippen molar-refractivity contribution in [2.75, 3.05) is 7.11 Å². The largest absolute Gasteiger partial charge is 0.494 e. The molecule has 1 N–H and O–H groups in total. The van der Waals surface area contributed by atoms with Crippen molar-refractivity contribution in [3.8, 4) is 16.9 Å². The number of fused-ring (bicyclic) bond motifs is 3. The van der Waals surface area contributed by atoms with Crippen LogP contribution >= 0.6 is 0 Å². The predicted molar refractivity (Wildman–Crippen MR) is 131 cm³/mol. The molecule has 1 heterocycles. The number of benzene rings is 4. The lowest BCUT2D eigenvalue weighted by Crippen LogP contribution is -2.04. The Labute approximate surface area is 194 Å². The number of ether oxygens (including phenoxy) is 1. The van der Waals surface area contributed by atoms with Gasteiger partial charge in [0.15, 0.2) is 5.75 Å². The summed E-state index contributed by atoms with van der Waals surface area (Å²) in [6, 6.07) is 25.2. The van der Waals surface area contributed by atoms with Crippen molar-refractivity contribution < 1.29 is 19.6 Å². The van der Waals surface area contributed by atoms with Gasteiger partial charge in [-0.15, -0.1) is 0 Å². The van der Waals surface area contributed by atoms with Crippen LogP contribution in [0.1, 0.15) is 15.9 Å². The van der Waals surface area contributed by atoms with Crippen LogP contribution in [-0.4, -0.2) is 27.7 Å². The number of hydrogen-bond acceptors (Lipinski definition) is 4. The van der Waals surface area contributed by atoms with Gasteiger partial charge in [0.1, 0.15) is 0 Å². The molecule has 4 aromatic carbocycles. The van der Waals surface area contributed by atoms with E-state index < -0.39 is 10.9 Å². The zero-order valence-electron chi connectivity index (χ0n) is 18.3. The van der Waals surface area contributed by atoms with Crippen LogP contribution in [-0.2, 0) is 6.54 Å². The molecule has 0 saturated heterocycles. The number of nitro groups is 1. The smallest absolute Gasteiger partial charge is 0.336 e. The van der Waals surface area contributed by atoms with Crippen LogP contribution in [0.3, 0.4) is 0 Å². The summed E-state index contributed by atoms with van der Waals surface area (Å²) in [4.78, 5) is 23.1. The number of nitrogens with zero attached hydrogens (tertiary/aromatic N) is 2. The van der Waals surface area contributed by atoms with Gasteiger partial charge in [0.2, 0.25) is 0 Å². The topological polar surface area (TPSA) is 94.6 Å². The first kappa shape index (κ1) is 21.2. The average Bonchev–Trinajstić information content (AvgIpc) is 3.18.